The van der Waals surface area contributed by atoms with Crippen LogP contribution in [0.1, 0.15) is 6.42 Å². The molecule has 0 bridgehead atoms. The first-order chi connectivity index (χ1) is 4.95. The minimum absolute atomic E-state index is 0.448. The Bertz CT molecular complexity index is 134. The van der Waals surface area contributed by atoms with Crippen LogP contribution in [0.4, 0.5) is 18.0 Å². The number of hydrogen-bond donors (Lipinski definition) is 1. The summed E-state index contributed by atoms with van der Waals surface area (Å²) < 4.78 is 38.3. The number of nitrogens with one attached hydrogen (secondary N) is 1. The largest absolute Gasteiger partial charge is 0.453 e. The Balaban J connectivity index is 3.35. The third-order valence-corrected chi connectivity index (χ3v) is 0.863. The van der Waals surface area contributed by atoms with E-state index in [9.17, 15) is 18.0 Å². The molecule has 0 aromatic rings. The normalized spacial score (nSPS) is 10.9. The molecule has 0 aliphatic rings. The van der Waals surface area contributed by atoms with E-state index in [4.69, 9.17) is 0 Å². The van der Waals surface area contributed by atoms with Crippen LogP contribution in [0.25, 0.3) is 0 Å². The van der Waals surface area contributed by atoms with Gasteiger partial charge in [-0.05, 0) is 0 Å². The third kappa shape index (κ3) is 6.95. The Morgan fingerprint density at radius 3 is 2.45 bits per heavy atom. The van der Waals surface area contributed by atoms with Gasteiger partial charge in [0.05, 0.1) is 13.5 Å². The van der Waals surface area contributed by atoms with Crippen molar-refractivity contribution in [2.24, 2.45) is 0 Å². The van der Waals surface area contributed by atoms with Crippen molar-refractivity contribution in [2.75, 3.05) is 13.7 Å². The Morgan fingerprint density at radius 2 is 2.09 bits per heavy atom. The van der Waals surface area contributed by atoms with Crippen LogP contribution in [-0.2, 0) is 4.74 Å². The first-order valence-electron chi connectivity index (χ1n) is 2.84. The second-order valence-corrected chi connectivity index (χ2v) is 1.78. The maximum absolute atomic E-state index is 11.4. The molecular formula is C5H8F3NO2. The third-order valence-electron chi connectivity index (χ3n) is 0.863. The molecule has 0 aromatic carbocycles. The molecule has 0 aromatic heterocycles. The van der Waals surface area contributed by atoms with Crippen LogP contribution in [0.15, 0.2) is 0 Å². The van der Waals surface area contributed by atoms with Crippen LogP contribution < -0.4 is 5.32 Å². The van der Waals surface area contributed by atoms with Gasteiger partial charge in [-0.1, -0.05) is 0 Å². The van der Waals surface area contributed by atoms with Gasteiger partial charge >= 0.3 is 12.3 Å². The Morgan fingerprint density at radius 1 is 1.55 bits per heavy atom. The molecule has 0 aliphatic carbocycles. The predicted octanol–water partition coefficient (Wildman–Crippen LogP) is 1.29. The predicted molar refractivity (Wildman–Crippen MR) is 31.1 cm³/mol. The molecule has 0 rings (SSSR count). The molecule has 0 heterocycles. The quantitative estimate of drug-likeness (QED) is 0.679. The maximum Gasteiger partial charge on any atom is 0.406 e. The van der Waals surface area contributed by atoms with Crippen molar-refractivity contribution in [3.8, 4) is 0 Å². The van der Waals surface area contributed by atoms with Crippen molar-refractivity contribution in [1.29, 1.82) is 0 Å². The van der Waals surface area contributed by atoms with Crippen LogP contribution >= 0.6 is 0 Å². The lowest BCUT2D eigenvalue weighted by Gasteiger charge is -2.05. The number of alkyl carbamates (subject to hydrolysis) is 1. The van der Waals surface area contributed by atoms with Crippen molar-refractivity contribution < 1.29 is 22.7 Å². The van der Waals surface area contributed by atoms with Gasteiger partial charge in [-0.3, -0.25) is 0 Å². The van der Waals surface area contributed by atoms with Crippen molar-refractivity contribution in [1.82, 2.24) is 5.32 Å². The molecule has 0 unspecified atom stereocenters. The van der Waals surface area contributed by atoms with Crippen LogP contribution in [0, 0.1) is 0 Å². The van der Waals surface area contributed by atoms with Gasteiger partial charge in [0.15, 0.2) is 0 Å². The highest BCUT2D eigenvalue weighted by Gasteiger charge is 2.26. The minimum atomic E-state index is -4.24. The average molecular weight is 171 g/mol. The zero-order chi connectivity index (χ0) is 8.91. The summed E-state index contributed by atoms with van der Waals surface area (Å²) in [5.41, 5.74) is 0. The number of ether oxygens (including phenoxy) is 1. The number of alkyl halides is 3. The van der Waals surface area contributed by atoms with Gasteiger partial charge in [-0.15, -0.1) is 0 Å². The Kier molecular flexibility index (Phi) is 3.70. The highest BCUT2D eigenvalue weighted by Crippen LogP contribution is 2.17. The monoisotopic (exact) mass is 171 g/mol. The summed E-state index contributed by atoms with van der Waals surface area (Å²) in [6.07, 6.45) is -6.13. The zero-order valence-corrected chi connectivity index (χ0v) is 5.86. The number of hydrogen-bond acceptors (Lipinski definition) is 2. The van der Waals surface area contributed by atoms with E-state index in [2.05, 4.69) is 4.74 Å². The molecule has 0 spiro atoms. The molecule has 0 saturated heterocycles. The smallest absolute Gasteiger partial charge is 0.406 e. The SMILES string of the molecule is COC(=O)NCCC(F)(F)F. The van der Waals surface area contributed by atoms with E-state index in [0.717, 1.165) is 7.11 Å². The van der Waals surface area contributed by atoms with Gasteiger partial charge in [0.25, 0.3) is 0 Å². The summed E-state index contributed by atoms with van der Waals surface area (Å²) in [6.45, 7) is -0.448. The van der Waals surface area contributed by atoms with E-state index in [1.807, 2.05) is 5.32 Å². The van der Waals surface area contributed by atoms with E-state index in [-0.39, 0.29) is 0 Å². The lowest BCUT2D eigenvalue weighted by atomic mass is 10.4. The molecule has 0 saturated carbocycles. The Labute approximate surface area is 61.5 Å². The summed E-state index contributed by atoms with van der Waals surface area (Å²) in [5.74, 6) is 0. The van der Waals surface area contributed by atoms with E-state index in [0.29, 0.717) is 0 Å². The van der Waals surface area contributed by atoms with Gasteiger partial charge < -0.3 is 10.1 Å². The van der Waals surface area contributed by atoms with E-state index in [1.165, 1.54) is 0 Å². The standard InChI is InChI=1S/C5H8F3NO2/c1-11-4(10)9-3-2-5(6,7)8/h2-3H2,1H3,(H,9,10). The van der Waals surface area contributed by atoms with Gasteiger partial charge in [0.2, 0.25) is 0 Å². The van der Waals surface area contributed by atoms with Gasteiger partial charge in [0.1, 0.15) is 0 Å². The summed E-state index contributed by atoms with van der Waals surface area (Å²) >= 11 is 0. The fourth-order valence-electron chi connectivity index (χ4n) is 0.378. The van der Waals surface area contributed by atoms with Gasteiger partial charge in [-0.25, -0.2) is 4.79 Å². The molecule has 1 N–H and O–H groups in total. The number of halogens is 3. The molecule has 3 nitrogen and oxygen atoms in total. The number of amides is 1. The van der Waals surface area contributed by atoms with Crippen molar-refractivity contribution in [2.45, 2.75) is 12.6 Å². The topological polar surface area (TPSA) is 38.3 Å². The number of carbonyl (C=O) groups excluding carboxylic acids is 1. The van der Waals surface area contributed by atoms with Crippen molar-refractivity contribution in [3.05, 3.63) is 0 Å². The second kappa shape index (κ2) is 4.05. The lowest BCUT2D eigenvalue weighted by molar-refractivity contribution is -0.133. The molecule has 6 heteroatoms. The minimum Gasteiger partial charge on any atom is -0.453 e. The first-order valence-corrected chi connectivity index (χ1v) is 2.84. The van der Waals surface area contributed by atoms with E-state index >= 15 is 0 Å². The molecule has 1 amide bonds. The lowest BCUT2D eigenvalue weighted by Crippen LogP contribution is -2.27. The van der Waals surface area contributed by atoms with E-state index in [1.54, 1.807) is 0 Å². The highest BCUT2D eigenvalue weighted by molar-refractivity contribution is 5.66. The fraction of sp³-hybridized carbons (Fsp3) is 0.800. The molecule has 0 fully saturated rings. The molecule has 0 atom stereocenters. The van der Waals surface area contributed by atoms with Gasteiger partial charge in [-0.2, -0.15) is 13.2 Å². The van der Waals surface area contributed by atoms with Crippen molar-refractivity contribution in [3.63, 3.8) is 0 Å². The zero-order valence-electron chi connectivity index (χ0n) is 5.86. The average Bonchev–Trinajstić information content (AvgIpc) is 1.85. The second-order valence-electron chi connectivity index (χ2n) is 1.78. The fourth-order valence-corrected chi connectivity index (χ4v) is 0.378. The summed E-state index contributed by atoms with van der Waals surface area (Å²) in [7, 11) is 1.09. The highest BCUT2D eigenvalue weighted by atomic mass is 19.4. The van der Waals surface area contributed by atoms with Crippen LogP contribution in [0.5, 0.6) is 0 Å². The van der Waals surface area contributed by atoms with Crippen LogP contribution in [0.2, 0.25) is 0 Å². The molecule has 11 heavy (non-hydrogen) atoms. The van der Waals surface area contributed by atoms with Gasteiger partial charge in [0, 0.05) is 6.54 Å². The van der Waals surface area contributed by atoms with Crippen LogP contribution in [-0.4, -0.2) is 25.9 Å². The summed E-state index contributed by atoms with van der Waals surface area (Å²) in [4.78, 5) is 10.2. The maximum atomic E-state index is 11.4. The summed E-state index contributed by atoms with van der Waals surface area (Å²) in [6, 6.07) is 0. The number of carbonyl (C=O) groups is 1. The number of methoxy groups -OCH3 is 1. The number of rotatable bonds is 2. The summed E-state index contributed by atoms with van der Waals surface area (Å²) in [5, 5.41) is 1.91. The molecule has 0 radical (unpaired) electrons. The Hall–Kier alpha value is -0.940. The van der Waals surface area contributed by atoms with E-state index < -0.39 is 25.2 Å². The first kappa shape index (κ1) is 10.1. The molecule has 66 valence electrons. The van der Waals surface area contributed by atoms with Crippen molar-refractivity contribution >= 4 is 6.09 Å². The molecule has 0 aliphatic heterocycles. The van der Waals surface area contributed by atoms with Crippen LogP contribution in [0.3, 0.4) is 0 Å². The molecular weight excluding hydrogens is 163 g/mol.